The molecule has 2 aromatic heterocycles. The fourth-order valence-corrected chi connectivity index (χ4v) is 5.67. The van der Waals surface area contributed by atoms with Crippen LogP contribution in [0.25, 0.3) is 17.1 Å². The predicted molar refractivity (Wildman–Crippen MR) is 133 cm³/mol. The van der Waals surface area contributed by atoms with Crippen molar-refractivity contribution in [3.63, 3.8) is 0 Å². The Labute approximate surface area is 205 Å². The minimum Gasteiger partial charge on any atom is -0.494 e. The van der Waals surface area contributed by atoms with Gasteiger partial charge in [-0.2, -0.15) is 0 Å². The topological polar surface area (TPSA) is 117 Å². The fourth-order valence-electron chi connectivity index (χ4n) is 4.41. The highest BCUT2D eigenvalue weighted by atomic mass is 32.2. The Morgan fingerprint density at radius 1 is 1.09 bits per heavy atom. The molecule has 4 rings (SSSR count). The van der Waals surface area contributed by atoms with Crippen molar-refractivity contribution in [2.45, 2.75) is 44.5 Å². The molecular weight excluding hydrogens is 470 g/mol. The molecule has 0 unspecified atom stereocenters. The van der Waals surface area contributed by atoms with Crippen LogP contribution in [0.15, 0.2) is 36.7 Å². The number of ether oxygens (including phenoxy) is 3. The number of pyridine rings is 1. The molecule has 0 radical (unpaired) electrons. The minimum atomic E-state index is -3.89. The predicted octanol–water partition coefficient (Wildman–Crippen LogP) is 3.60. The molecule has 35 heavy (non-hydrogen) atoms. The van der Waals surface area contributed by atoms with Crippen LogP contribution in [0.5, 0.6) is 11.5 Å². The average molecular weight is 502 g/mol. The third kappa shape index (κ3) is 4.83. The lowest BCUT2D eigenvalue weighted by Crippen LogP contribution is -2.43. The largest absolute Gasteiger partial charge is 0.494 e. The van der Waals surface area contributed by atoms with Gasteiger partial charge in [-0.1, -0.05) is 12.5 Å². The van der Waals surface area contributed by atoms with Crippen LogP contribution in [-0.2, 0) is 14.8 Å². The molecule has 1 fully saturated rings. The van der Waals surface area contributed by atoms with Gasteiger partial charge in [-0.05, 0) is 56.4 Å². The third-order valence-corrected chi connectivity index (χ3v) is 8.21. The molecule has 0 bridgehead atoms. The van der Waals surface area contributed by atoms with E-state index in [2.05, 4.69) is 19.9 Å². The zero-order chi connectivity index (χ0) is 25.2. The van der Waals surface area contributed by atoms with Crippen LogP contribution >= 0.6 is 0 Å². The number of anilines is 1. The highest BCUT2D eigenvalue weighted by Crippen LogP contribution is 2.38. The molecule has 1 N–H and O–H groups in total. The highest BCUT2D eigenvalue weighted by Gasteiger charge is 2.39. The van der Waals surface area contributed by atoms with Crippen LogP contribution in [0.1, 0.15) is 31.7 Å². The first kappa shape index (κ1) is 24.9. The number of rotatable bonds is 10. The lowest BCUT2D eigenvalue weighted by Gasteiger charge is -2.35. The van der Waals surface area contributed by atoms with Crippen molar-refractivity contribution in [3.8, 4) is 28.6 Å². The summed E-state index contributed by atoms with van der Waals surface area (Å²) in [6, 6.07) is 7.20. The summed E-state index contributed by atoms with van der Waals surface area (Å²) in [5.41, 5.74) is 2.04. The summed E-state index contributed by atoms with van der Waals surface area (Å²) in [6.45, 7) is 3.57. The average Bonchev–Trinajstić information content (AvgIpc) is 3.22. The van der Waals surface area contributed by atoms with Gasteiger partial charge in [0.2, 0.25) is 16.0 Å². The quantitative estimate of drug-likeness (QED) is 0.448. The molecule has 3 aromatic rings. The van der Waals surface area contributed by atoms with Crippen molar-refractivity contribution in [1.29, 1.82) is 0 Å². The van der Waals surface area contributed by atoms with Crippen molar-refractivity contribution < 1.29 is 22.6 Å². The number of aromatic nitrogens is 4. The first-order valence-electron chi connectivity index (χ1n) is 11.4. The van der Waals surface area contributed by atoms with E-state index in [4.69, 9.17) is 14.2 Å². The zero-order valence-corrected chi connectivity index (χ0v) is 21.4. The Kier molecular flexibility index (Phi) is 7.27. The van der Waals surface area contributed by atoms with Gasteiger partial charge in [0.05, 0.1) is 20.3 Å². The second kappa shape index (κ2) is 10.2. The molecular formula is C24H31N5O5S. The molecule has 188 valence electrons. The van der Waals surface area contributed by atoms with Crippen molar-refractivity contribution in [1.82, 2.24) is 19.7 Å². The SMILES string of the molecule is COc1cccc(OC)c1-n1c(NS(=O)(=O)[C@H](C)[C@@H](OC)C2CCC2)nnc1-c1cncc(C)c1. The summed E-state index contributed by atoms with van der Waals surface area (Å²) >= 11 is 0. The van der Waals surface area contributed by atoms with E-state index in [0.717, 1.165) is 24.8 Å². The molecule has 10 nitrogen and oxygen atoms in total. The second-order valence-corrected chi connectivity index (χ2v) is 10.7. The fraction of sp³-hybridized carbons (Fsp3) is 0.458. The maximum absolute atomic E-state index is 13.5. The first-order valence-corrected chi connectivity index (χ1v) is 13.0. The summed E-state index contributed by atoms with van der Waals surface area (Å²) in [5.74, 6) is 1.54. The number of para-hydroxylation sites is 1. The number of sulfonamides is 1. The lowest BCUT2D eigenvalue weighted by molar-refractivity contribution is 0.0194. The van der Waals surface area contributed by atoms with E-state index in [1.54, 1.807) is 49.2 Å². The molecule has 1 aromatic carbocycles. The Bertz CT molecular complexity index is 1270. The molecule has 2 heterocycles. The van der Waals surface area contributed by atoms with Gasteiger partial charge in [0.15, 0.2) is 5.82 Å². The van der Waals surface area contributed by atoms with Crippen LogP contribution in [0.4, 0.5) is 5.95 Å². The normalized spacial score (nSPS) is 15.8. The Morgan fingerprint density at radius 2 is 1.77 bits per heavy atom. The van der Waals surface area contributed by atoms with Crippen LogP contribution in [0, 0.1) is 12.8 Å². The van der Waals surface area contributed by atoms with Gasteiger partial charge in [-0.3, -0.25) is 14.3 Å². The van der Waals surface area contributed by atoms with Crippen LogP contribution in [0.3, 0.4) is 0 Å². The molecule has 1 saturated carbocycles. The molecule has 0 amide bonds. The van der Waals surface area contributed by atoms with Crippen LogP contribution in [0.2, 0.25) is 0 Å². The van der Waals surface area contributed by atoms with E-state index in [0.29, 0.717) is 28.6 Å². The Hall–Kier alpha value is -3.18. The van der Waals surface area contributed by atoms with E-state index in [-0.39, 0.29) is 11.9 Å². The van der Waals surface area contributed by atoms with Gasteiger partial charge in [0.1, 0.15) is 22.4 Å². The number of methoxy groups -OCH3 is 3. The summed E-state index contributed by atoms with van der Waals surface area (Å²) in [5, 5.41) is 7.75. The van der Waals surface area contributed by atoms with Gasteiger partial charge in [0, 0.05) is 25.1 Å². The maximum Gasteiger partial charge on any atom is 0.243 e. The maximum atomic E-state index is 13.5. The van der Waals surface area contributed by atoms with Gasteiger partial charge in [-0.25, -0.2) is 8.42 Å². The van der Waals surface area contributed by atoms with E-state index >= 15 is 0 Å². The van der Waals surface area contributed by atoms with E-state index in [9.17, 15) is 8.42 Å². The third-order valence-electron chi connectivity index (χ3n) is 6.49. The number of hydrogen-bond donors (Lipinski definition) is 1. The van der Waals surface area contributed by atoms with Crippen molar-refractivity contribution in [2.75, 3.05) is 26.1 Å². The van der Waals surface area contributed by atoms with E-state index < -0.39 is 21.4 Å². The van der Waals surface area contributed by atoms with Crippen molar-refractivity contribution in [2.24, 2.45) is 5.92 Å². The number of nitrogens with zero attached hydrogens (tertiary/aromatic N) is 4. The number of hydrogen-bond acceptors (Lipinski definition) is 8. The molecule has 0 aliphatic heterocycles. The highest BCUT2D eigenvalue weighted by molar-refractivity contribution is 7.93. The number of aryl methyl sites for hydroxylation is 1. The van der Waals surface area contributed by atoms with Gasteiger partial charge < -0.3 is 14.2 Å². The number of benzene rings is 1. The Morgan fingerprint density at radius 3 is 2.31 bits per heavy atom. The van der Waals surface area contributed by atoms with Crippen molar-refractivity contribution in [3.05, 3.63) is 42.2 Å². The summed E-state index contributed by atoms with van der Waals surface area (Å²) in [6.07, 6.45) is 5.95. The molecule has 2 atom stereocenters. The molecule has 0 spiro atoms. The summed E-state index contributed by atoms with van der Waals surface area (Å²) in [7, 11) is 0.731. The number of nitrogens with one attached hydrogen (secondary N) is 1. The van der Waals surface area contributed by atoms with Crippen LogP contribution in [-0.4, -0.2) is 60.8 Å². The monoisotopic (exact) mass is 501 g/mol. The Balaban J connectivity index is 1.85. The van der Waals surface area contributed by atoms with Gasteiger partial charge in [-0.15, -0.1) is 10.2 Å². The zero-order valence-electron chi connectivity index (χ0n) is 20.6. The van der Waals surface area contributed by atoms with E-state index in [1.807, 2.05) is 13.0 Å². The minimum absolute atomic E-state index is 0.0135. The molecule has 1 aliphatic rings. The summed E-state index contributed by atoms with van der Waals surface area (Å²) < 4.78 is 48.0. The lowest BCUT2D eigenvalue weighted by atomic mass is 9.80. The smallest absolute Gasteiger partial charge is 0.243 e. The van der Waals surface area contributed by atoms with E-state index in [1.165, 1.54) is 14.2 Å². The molecule has 11 heteroatoms. The first-order chi connectivity index (χ1) is 16.8. The molecule has 1 aliphatic carbocycles. The van der Waals surface area contributed by atoms with Gasteiger partial charge >= 0.3 is 0 Å². The van der Waals surface area contributed by atoms with Crippen molar-refractivity contribution >= 4 is 16.0 Å². The van der Waals surface area contributed by atoms with Crippen LogP contribution < -0.4 is 14.2 Å². The summed E-state index contributed by atoms with van der Waals surface area (Å²) in [4.78, 5) is 4.26. The standard InChI is InChI=1S/C24H31N5O5S/c1-15-12-18(14-25-13-15)23-26-27-24(29(23)21-19(32-3)10-7-11-20(21)33-4)28-35(30,31)16(2)22(34-5)17-8-6-9-17/h7,10-14,16-17,22H,6,8-9H2,1-5H3,(H,27,28)/t16-,22-/m1/s1. The molecule has 0 saturated heterocycles. The van der Waals surface area contributed by atoms with Gasteiger partial charge in [0.25, 0.3) is 0 Å². The second-order valence-electron chi connectivity index (χ2n) is 8.69.